The Hall–Kier alpha value is 2.84. The summed E-state index contributed by atoms with van der Waals surface area (Å²) >= 11 is 0. The van der Waals surface area contributed by atoms with E-state index in [9.17, 15) is 0 Å². The summed E-state index contributed by atoms with van der Waals surface area (Å²) in [6, 6.07) is 0. The summed E-state index contributed by atoms with van der Waals surface area (Å²) in [5.74, 6) is 0. The normalized spacial score (nSPS) is 7.25. The summed E-state index contributed by atoms with van der Waals surface area (Å²) in [6.07, 6.45) is 0. The maximum atomic E-state index is 8.74. The SMILES string of the molecule is O=S(=O)(O)O.[Ba+2].[H-].[H-].[Ti].[W]. The van der Waals surface area contributed by atoms with Gasteiger partial charge in [-0.1, -0.05) is 0 Å². The third-order valence-corrected chi connectivity index (χ3v) is 0. The first-order valence-corrected chi connectivity index (χ1v) is 2.10. The van der Waals surface area contributed by atoms with Crippen LogP contribution in [-0.2, 0) is 53.2 Å². The first kappa shape index (κ1) is 22.4. The largest absolute Gasteiger partial charge is 2.00 e. The van der Waals surface area contributed by atoms with E-state index in [4.69, 9.17) is 17.5 Å². The van der Waals surface area contributed by atoms with Gasteiger partial charge in [0.2, 0.25) is 0 Å². The molecular weight excluding hydrogens is 465 g/mol. The summed E-state index contributed by atoms with van der Waals surface area (Å²) in [5, 5.41) is 0. The van der Waals surface area contributed by atoms with Gasteiger partial charge >= 0.3 is 59.3 Å². The third kappa shape index (κ3) is 67.3. The predicted molar refractivity (Wildman–Crippen MR) is 22.2 cm³/mol. The van der Waals surface area contributed by atoms with E-state index >= 15 is 0 Å². The second-order valence-electron chi connectivity index (χ2n) is 0.448. The van der Waals surface area contributed by atoms with E-state index in [0.29, 0.717) is 0 Å². The molecule has 4 nitrogen and oxygen atoms in total. The molecule has 0 rings (SSSR count). The van der Waals surface area contributed by atoms with E-state index in [1.54, 1.807) is 0 Å². The molecule has 0 bridgehead atoms. The topological polar surface area (TPSA) is 74.6 Å². The zero-order valence-corrected chi connectivity index (χ0v) is 13.5. The molecule has 0 aromatic rings. The van der Waals surface area contributed by atoms with Crippen LogP contribution in [0.3, 0.4) is 0 Å². The Morgan fingerprint density at radius 2 is 1.25 bits per heavy atom. The van der Waals surface area contributed by atoms with E-state index in [2.05, 4.69) is 0 Å². The smallest absolute Gasteiger partial charge is 1.00 e. The third-order valence-electron chi connectivity index (χ3n) is 0. The number of rotatable bonds is 0. The first-order valence-electron chi connectivity index (χ1n) is 0.698. The molecule has 0 saturated carbocycles. The minimum Gasteiger partial charge on any atom is -1.00 e. The molecule has 0 aliphatic rings. The first-order chi connectivity index (χ1) is 2.00. The average molecular weight is 469 g/mol. The molecule has 0 atom stereocenters. The summed E-state index contributed by atoms with van der Waals surface area (Å²) < 4.78 is 31.6. The quantitative estimate of drug-likeness (QED) is 0.360. The van der Waals surface area contributed by atoms with Crippen LogP contribution in [0.1, 0.15) is 2.85 Å². The molecule has 0 aliphatic carbocycles. The van der Waals surface area contributed by atoms with Gasteiger partial charge in [0.15, 0.2) is 0 Å². The Labute approximate surface area is 120 Å². The molecule has 0 fully saturated rings. The van der Waals surface area contributed by atoms with Crippen LogP contribution in [0.4, 0.5) is 0 Å². The molecule has 0 saturated heterocycles. The predicted octanol–water partition coefficient (Wildman–Crippen LogP) is -0.814. The Morgan fingerprint density at radius 3 is 1.25 bits per heavy atom. The second kappa shape index (κ2) is 9.84. The fraction of sp³-hybridized carbons (Fsp3) is 0. The van der Waals surface area contributed by atoms with Crippen molar-refractivity contribution in [2.75, 3.05) is 0 Å². The van der Waals surface area contributed by atoms with Gasteiger partial charge in [-0.05, 0) is 0 Å². The van der Waals surface area contributed by atoms with Gasteiger partial charge in [0.05, 0.1) is 0 Å². The summed E-state index contributed by atoms with van der Waals surface area (Å²) in [4.78, 5) is 0. The van der Waals surface area contributed by atoms with Crippen molar-refractivity contribution in [2.45, 2.75) is 0 Å². The molecule has 8 heavy (non-hydrogen) atoms. The van der Waals surface area contributed by atoms with Crippen molar-refractivity contribution in [1.29, 1.82) is 0 Å². The molecule has 0 heterocycles. The summed E-state index contributed by atoms with van der Waals surface area (Å²) in [7, 11) is -4.67. The van der Waals surface area contributed by atoms with Crippen molar-refractivity contribution in [3.8, 4) is 0 Å². The van der Waals surface area contributed by atoms with Crippen LogP contribution >= 0.6 is 0 Å². The van der Waals surface area contributed by atoms with E-state index in [1.165, 1.54) is 0 Å². The fourth-order valence-electron chi connectivity index (χ4n) is 0. The molecule has 8 heteroatoms. The van der Waals surface area contributed by atoms with Gasteiger partial charge in [0, 0.05) is 42.8 Å². The van der Waals surface area contributed by atoms with Crippen LogP contribution < -0.4 is 0 Å². The van der Waals surface area contributed by atoms with Gasteiger partial charge in [0.1, 0.15) is 0 Å². The molecular formula is H4BaO4STiW. The van der Waals surface area contributed by atoms with Crippen LogP contribution in [0.25, 0.3) is 0 Å². The molecule has 0 aromatic heterocycles. The van der Waals surface area contributed by atoms with Crippen LogP contribution in [0, 0.1) is 0 Å². The Kier molecular flexibility index (Phi) is 27.6. The Bertz CT molecular complexity index is 106. The van der Waals surface area contributed by atoms with Gasteiger partial charge in [-0.2, -0.15) is 8.42 Å². The maximum Gasteiger partial charge on any atom is 2.00 e. The average Bonchev–Trinajstić information content (AvgIpc) is 0.722. The van der Waals surface area contributed by atoms with Crippen molar-refractivity contribution in [1.82, 2.24) is 0 Å². The Morgan fingerprint density at radius 1 is 1.25 bits per heavy atom. The molecule has 0 aliphatic heterocycles. The van der Waals surface area contributed by atoms with E-state index < -0.39 is 10.4 Å². The molecule has 0 amide bonds. The summed E-state index contributed by atoms with van der Waals surface area (Å²) in [5.41, 5.74) is 0. The second-order valence-corrected chi connectivity index (χ2v) is 1.34. The van der Waals surface area contributed by atoms with E-state index in [0.717, 1.165) is 0 Å². The van der Waals surface area contributed by atoms with Crippen LogP contribution in [0.15, 0.2) is 0 Å². The van der Waals surface area contributed by atoms with Gasteiger partial charge in [-0.3, -0.25) is 9.11 Å². The van der Waals surface area contributed by atoms with Crippen LogP contribution in [0.5, 0.6) is 0 Å². The van der Waals surface area contributed by atoms with Crippen molar-refractivity contribution in [2.24, 2.45) is 0 Å². The minimum absolute atomic E-state index is 0. The van der Waals surface area contributed by atoms with E-state index in [-0.39, 0.29) is 94.5 Å². The van der Waals surface area contributed by atoms with Crippen LogP contribution in [-0.4, -0.2) is 66.4 Å². The molecule has 0 unspecified atom stereocenters. The minimum atomic E-state index is -4.67. The molecule has 2 N–H and O–H groups in total. The van der Waals surface area contributed by atoms with Crippen LogP contribution in [0.2, 0.25) is 0 Å². The zero-order valence-electron chi connectivity index (χ0n) is 5.73. The number of hydrogen-bond acceptors (Lipinski definition) is 2. The van der Waals surface area contributed by atoms with Gasteiger partial charge < -0.3 is 2.85 Å². The standard InChI is InChI=1S/Ba.H2O4S.Ti.W.2H/c;1-5(2,3)4;;;;/h;(H2,1,2,3,4);;;;/q+2;;;;2*-1. The molecule has 0 radical (unpaired) electrons. The van der Waals surface area contributed by atoms with E-state index in [1.807, 2.05) is 0 Å². The van der Waals surface area contributed by atoms with Crippen molar-refractivity contribution in [3.05, 3.63) is 0 Å². The van der Waals surface area contributed by atoms with Gasteiger partial charge in [0.25, 0.3) is 0 Å². The maximum absolute atomic E-state index is 8.74. The van der Waals surface area contributed by atoms with Gasteiger partial charge in [-0.25, -0.2) is 0 Å². The van der Waals surface area contributed by atoms with Crippen molar-refractivity contribution >= 4 is 59.3 Å². The fourth-order valence-corrected chi connectivity index (χ4v) is 0. The number of hydrogen-bond donors (Lipinski definition) is 2. The molecule has 0 spiro atoms. The summed E-state index contributed by atoms with van der Waals surface area (Å²) in [6.45, 7) is 0. The van der Waals surface area contributed by atoms with Gasteiger partial charge in [-0.15, -0.1) is 0 Å². The molecule has 0 aromatic carbocycles. The van der Waals surface area contributed by atoms with Crippen molar-refractivity contribution < 1.29 is 63.2 Å². The monoisotopic (exact) mass is 470 g/mol. The van der Waals surface area contributed by atoms with Crippen molar-refractivity contribution in [3.63, 3.8) is 0 Å². The Balaban J connectivity index is -0.00000000800. The zero-order chi connectivity index (χ0) is 4.50. The molecule has 46 valence electrons.